The highest BCUT2D eigenvalue weighted by Gasteiger charge is 2.09. The van der Waals surface area contributed by atoms with Crippen LogP contribution in [-0.4, -0.2) is 23.2 Å². The first-order chi connectivity index (χ1) is 10.2. The van der Waals surface area contributed by atoms with Crippen molar-refractivity contribution in [1.82, 2.24) is 10.3 Å². The molecule has 4 heteroatoms. The van der Waals surface area contributed by atoms with Crippen LogP contribution in [0.2, 0.25) is 0 Å². The zero-order valence-corrected chi connectivity index (χ0v) is 12.5. The Hall–Kier alpha value is -1.52. The third-order valence-corrected chi connectivity index (χ3v) is 3.73. The van der Waals surface area contributed by atoms with Gasteiger partial charge in [0.2, 0.25) is 0 Å². The molecule has 0 aliphatic carbocycles. The molecule has 21 heavy (non-hydrogen) atoms. The van der Waals surface area contributed by atoms with Crippen molar-refractivity contribution in [3.63, 3.8) is 0 Å². The minimum absolute atomic E-state index is 0.219. The molecule has 0 saturated carbocycles. The molecule has 0 aliphatic heterocycles. The number of pyridine rings is 1. The summed E-state index contributed by atoms with van der Waals surface area (Å²) < 4.78 is 13.6. The van der Waals surface area contributed by atoms with E-state index < -0.39 is 0 Å². The van der Waals surface area contributed by atoms with E-state index in [1.54, 1.807) is 12.3 Å². The molecule has 1 aromatic heterocycles. The number of hydrogen-bond acceptors (Lipinski definition) is 3. The topological polar surface area (TPSA) is 45.1 Å². The summed E-state index contributed by atoms with van der Waals surface area (Å²) in [6.07, 6.45) is 4.74. The third-order valence-electron chi connectivity index (χ3n) is 3.73. The summed E-state index contributed by atoms with van der Waals surface area (Å²) in [5.74, 6) is 0.237. The van der Waals surface area contributed by atoms with E-state index in [0.29, 0.717) is 12.5 Å². The van der Waals surface area contributed by atoms with Gasteiger partial charge in [-0.15, -0.1) is 0 Å². The van der Waals surface area contributed by atoms with Crippen molar-refractivity contribution >= 4 is 10.9 Å². The normalized spacial score (nSPS) is 12.7. The van der Waals surface area contributed by atoms with Gasteiger partial charge in [0.05, 0.1) is 5.52 Å². The van der Waals surface area contributed by atoms with E-state index in [-0.39, 0.29) is 12.4 Å². The van der Waals surface area contributed by atoms with Crippen molar-refractivity contribution in [2.45, 2.75) is 32.7 Å². The number of benzene rings is 1. The van der Waals surface area contributed by atoms with Gasteiger partial charge in [-0.3, -0.25) is 4.98 Å². The van der Waals surface area contributed by atoms with E-state index in [9.17, 15) is 4.39 Å². The summed E-state index contributed by atoms with van der Waals surface area (Å²) >= 11 is 0. The first-order valence-electron chi connectivity index (χ1n) is 7.59. The number of fused-ring (bicyclic) bond motifs is 1. The van der Waals surface area contributed by atoms with Crippen molar-refractivity contribution in [1.29, 1.82) is 0 Å². The van der Waals surface area contributed by atoms with Crippen molar-refractivity contribution in [2.24, 2.45) is 5.92 Å². The minimum atomic E-state index is -0.229. The molecular weight excluding hydrogens is 267 g/mol. The van der Waals surface area contributed by atoms with E-state index >= 15 is 0 Å². The molecule has 0 bridgehead atoms. The van der Waals surface area contributed by atoms with Crippen LogP contribution in [0.1, 0.15) is 31.7 Å². The molecule has 2 N–H and O–H groups in total. The highest BCUT2D eigenvalue weighted by Crippen LogP contribution is 2.18. The van der Waals surface area contributed by atoms with Crippen LogP contribution >= 0.6 is 0 Å². The van der Waals surface area contributed by atoms with E-state index in [4.69, 9.17) is 5.11 Å². The lowest BCUT2D eigenvalue weighted by atomic mass is 10.00. The Balaban J connectivity index is 2.02. The third kappa shape index (κ3) is 4.48. The van der Waals surface area contributed by atoms with Crippen molar-refractivity contribution in [3.8, 4) is 0 Å². The Bertz CT molecular complexity index is 568. The van der Waals surface area contributed by atoms with Crippen molar-refractivity contribution in [2.75, 3.05) is 13.2 Å². The van der Waals surface area contributed by atoms with Gasteiger partial charge in [0.25, 0.3) is 0 Å². The van der Waals surface area contributed by atoms with Crippen LogP contribution in [0.5, 0.6) is 0 Å². The quantitative estimate of drug-likeness (QED) is 0.784. The van der Waals surface area contributed by atoms with Gasteiger partial charge >= 0.3 is 0 Å². The molecule has 2 aromatic rings. The second-order valence-corrected chi connectivity index (χ2v) is 5.44. The summed E-state index contributed by atoms with van der Waals surface area (Å²) in [5, 5.41) is 13.3. The maximum absolute atomic E-state index is 13.6. The fourth-order valence-corrected chi connectivity index (χ4v) is 2.71. The second kappa shape index (κ2) is 8.05. The monoisotopic (exact) mass is 290 g/mol. The predicted octanol–water partition coefficient (Wildman–Crippen LogP) is 3.26. The molecule has 2 rings (SSSR count). The first kappa shape index (κ1) is 15.9. The standard InChI is InChI=1S/C17H23FN2O/c1-2-4-13(6-8-21)11-19-12-15-10-16(18)9-14-5-3-7-20-17(14)15/h3,5,7,9-10,13,19,21H,2,4,6,8,11-12H2,1H3. The lowest BCUT2D eigenvalue weighted by Crippen LogP contribution is -2.23. The van der Waals surface area contributed by atoms with Crippen LogP contribution in [0, 0.1) is 11.7 Å². The number of hydrogen-bond donors (Lipinski definition) is 2. The zero-order valence-electron chi connectivity index (χ0n) is 12.5. The van der Waals surface area contributed by atoms with Gasteiger partial charge in [0.1, 0.15) is 5.82 Å². The van der Waals surface area contributed by atoms with Gasteiger partial charge in [-0.05, 0) is 49.1 Å². The highest BCUT2D eigenvalue weighted by molar-refractivity contribution is 5.81. The van der Waals surface area contributed by atoms with Crippen LogP contribution in [0.4, 0.5) is 4.39 Å². The maximum Gasteiger partial charge on any atom is 0.124 e. The van der Waals surface area contributed by atoms with Gasteiger partial charge < -0.3 is 10.4 Å². The lowest BCUT2D eigenvalue weighted by Gasteiger charge is -2.16. The van der Waals surface area contributed by atoms with Gasteiger partial charge in [0.15, 0.2) is 0 Å². The lowest BCUT2D eigenvalue weighted by molar-refractivity contribution is 0.248. The Morgan fingerprint density at radius 1 is 1.33 bits per heavy atom. The summed E-state index contributed by atoms with van der Waals surface area (Å²) in [5.41, 5.74) is 1.73. The summed E-state index contributed by atoms with van der Waals surface area (Å²) in [6.45, 7) is 3.79. The average molecular weight is 290 g/mol. The number of aliphatic hydroxyl groups excluding tert-OH is 1. The molecule has 1 heterocycles. The molecule has 0 radical (unpaired) electrons. The van der Waals surface area contributed by atoms with Crippen LogP contribution < -0.4 is 5.32 Å². The van der Waals surface area contributed by atoms with E-state index in [2.05, 4.69) is 17.2 Å². The van der Waals surface area contributed by atoms with E-state index in [1.165, 1.54) is 6.07 Å². The van der Waals surface area contributed by atoms with E-state index in [1.807, 2.05) is 12.1 Å². The van der Waals surface area contributed by atoms with Crippen LogP contribution in [0.15, 0.2) is 30.5 Å². The smallest absolute Gasteiger partial charge is 0.124 e. The molecule has 1 unspecified atom stereocenters. The Kier molecular flexibility index (Phi) is 6.08. The molecule has 0 spiro atoms. The Morgan fingerprint density at radius 2 is 2.19 bits per heavy atom. The predicted molar refractivity (Wildman–Crippen MR) is 83.5 cm³/mol. The minimum Gasteiger partial charge on any atom is -0.396 e. The van der Waals surface area contributed by atoms with Crippen LogP contribution in [-0.2, 0) is 6.54 Å². The fourth-order valence-electron chi connectivity index (χ4n) is 2.71. The van der Waals surface area contributed by atoms with Gasteiger partial charge in [-0.25, -0.2) is 4.39 Å². The number of halogens is 1. The molecule has 0 saturated heterocycles. The second-order valence-electron chi connectivity index (χ2n) is 5.44. The van der Waals surface area contributed by atoms with Gasteiger partial charge in [0, 0.05) is 24.7 Å². The first-order valence-corrected chi connectivity index (χ1v) is 7.59. The molecule has 0 amide bonds. The largest absolute Gasteiger partial charge is 0.396 e. The number of aliphatic hydroxyl groups is 1. The van der Waals surface area contributed by atoms with Crippen molar-refractivity contribution < 1.29 is 9.50 Å². The molecule has 1 aromatic carbocycles. The van der Waals surface area contributed by atoms with Crippen molar-refractivity contribution in [3.05, 3.63) is 41.8 Å². The molecule has 114 valence electrons. The summed E-state index contributed by atoms with van der Waals surface area (Å²) in [4.78, 5) is 4.35. The number of rotatable bonds is 8. The Labute approximate surface area is 125 Å². The summed E-state index contributed by atoms with van der Waals surface area (Å²) in [7, 11) is 0. The molecular formula is C17H23FN2O. The molecule has 3 nitrogen and oxygen atoms in total. The SMILES string of the molecule is CCCC(CCO)CNCc1cc(F)cc2cccnc12. The average Bonchev–Trinajstić information content (AvgIpc) is 2.47. The van der Waals surface area contributed by atoms with Gasteiger partial charge in [-0.2, -0.15) is 0 Å². The van der Waals surface area contributed by atoms with E-state index in [0.717, 1.165) is 42.3 Å². The van der Waals surface area contributed by atoms with Crippen LogP contribution in [0.3, 0.4) is 0 Å². The zero-order chi connectivity index (χ0) is 15.1. The molecule has 0 aliphatic rings. The van der Waals surface area contributed by atoms with Gasteiger partial charge in [-0.1, -0.05) is 19.4 Å². The molecule has 0 fully saturated rings. The van der Waals surface area contributed by atoms with Crippen LogP contribution in [0.25, 0.3) is 10.9 Å². The summed E-state index contributed by atoms with van der Waals surface area (Å²) in [6, 6.07) is 6.75. The fraction of sp³-hybridized carbons (Fsp3) is 0.471. The Morgan fingerprint density at radius 3 is 2.95 bits per heavy atom. The highest BCUT2D eigenvalue weighted by atomic mass is 19.1. The number of nitrogens with zero attached hydrogens (tertiary/aromatic N) is 1. The maximum atomic E-state index is 13.6. The molecule has 1 atom stereocenters. The number of aromatic nitrogens is 1. The number of nitrogens with one attached hydrogen (secondary N) is 1.